The van der Waals surface area contributed by atoms with Crippen LogP contribution in [0.3, 0.4) is 0 Å². The number of anilines is 1. The summed E-state index contributed by atoms with van der Waals surface area (Å²) in [6.45, 7) is 5.70. The van der Waals surface area contributed by atoms with Crippen molar-refractivity contribution in [2.75, 3.05) is 18.2 Å². The van der Waals surface area contributed by atoms with Crippen molar-refractivity contribution in [1.82, 2.24) is 9.55 Å². The van der Waals surface area contributed by atoms with Gasteiger partial charge in [0.1, 0.15) is 4.83 Å². The first-order valence-electron chi connectivity index (χ1n) is 10.2. The van der Waals surface area contributed by atoms with Crippen molar-refractivity contribution in [3.63, 3.8) is 0 Å². The van der Waals surface area contributed by atoms with Gasteiger partial charge < -0.3 is 10.1 Å². The van der Waals surface area contributed by atoms with E-state index < -0.39 is 4.92 Å². The standard InChI is InChI=1S/C22H22N4O5S2/c1-4-7-25-21(28)19-14(13-5-6-13)10-32-20(19)24-22(25)33-11-18(27)23-15-9-17(31-3)16(26(29)30)8-12(15)2/h4,8-10,13H,1,5-7,11H2,2-3H3,(H,23,27). The molecule has 0 spiro atoms. The Morgan fingerprint density at radius 1 is 1.48 bits per heavy atom. The minimum atomic E-state index is -0.535. The number of amides is 1. The predicted molar refractivity (Wildman–Crippen MR) is 130 cm³/mol. The summed E-state index contributed by atoms with van der Waals surface area (Å²) >= 11 is 2.61. The second kappa shape index (κ2) is 9.36. The van der Waals surface area contributed by atoms with Crippen molar-refractivity contribution in [3.8, 4) is 5.75 Å². The van der Waals surface area contributed by atoms with Crippen molar-refractivity contribution in [1.29, 1.82) is 0 Å². The molecule has 172 valence electrons. The van der Waals surface area contributed by atoms with Gasteiger partial charge in [0, 0.05) is 24.4 Å². The van der Waals surface area contributed by atoms with Gasteiger partial charge in [-0.15, -0.1) is 17.9 Å². The quantitative estimate of drug-likeness (QED) is 0.156. The van der Waals surface area contributed by atoms with Gasteiger partial charge in [-0.3, -0.25) is 24.3 Å². The lowest BCUT2D eigenvalue weighted by Crippen LogP contribution is -2.24. The van der Waals surface area contributed by atoms with E-state index in [9.17, 15) is 19.7 Å². The summed E-state index contributed by atoms with van der Waals surface area (Å²) in [4.78, 5) is 41.8. The monoisotopic (exact) mass is 486 g/mol. The van der Waals surface area contributed by atoms with Crippen molar-refractivity contribution >= 4 is 50.6 Å². The number of ether oxygens (including phenoxy) is 1. The van der Waals surface area contributed by atoms with Gasteiger partial charge in [-0.05, 0) is 42.2 Å². The van der Waals surface area contributed by atoms with E-state index >= 15 is 0 Å². The van der Waals surface area contributed by atoms with E-state index in [4.69, 9.17) is 4.74 Å². The Bertz CT molecular complexity index is 1330. The fourth-order valence-corrected chi connectivity index (χ4v) is 5.42. The van der Waals surface area contributed by atoms with Crippen molar-refractivity contribution in [2.24, 2.45) is 0 Å². The minimum Gasteiger partial charge on any atom is -0.490 e. The molecule has 1 fully saturated rings. The third-order valence-electron chi connectivity index (χ3n) is 5.35. The van der Waals surface area contributed by atoms with Gasteiger partial charge in [0.05, 0.1) is 23.2 Å². The van der Waals surface area contributed by atoms with Crippen LogP contribution in [0.4, 0.5) is 11.4 Å². The number of aryl methyl sites for hydroxylation is 1. The maximum absolute atomic E-state index is 13.2. The molecule has 1 saturated carbocycles. The first kappa shape index (κ1) is 23.0. The van der Waals surface area contributed by atoms with Gasteiger partial charge in [-0.25, -0.2) is 4.98 Å². The number of fused-ring (bicyclic) bond motifs is 1. The summed E-state index contributed by atoms with van der Waals surface area (Å²) in [7, 11) is 1.33. The van der Waals surface area contributed by atoms with Crippen molar-refractivity contribution in [3.05, 3.63) is 61.8 Å². The Morgan fingerprint density at radius 3 is 2.88 bits per heavy atom. The van der Waals surface area contributed by atoms with Crippen molar-refractivity contribution in [2.45, 2.75) is 37.4 Å². The third-order valence-corrected chi connectivity index (χ3v) is 7.21. The SMILES string of the molecule is C=CCn1c(SCC(=O)Nc2cc(OC)c([N+](=O)[O-])cc2C)nc2scc(C3CC3)c2c1=O. The molecule has 2 heterocycles. The average molecular weight is 487 g/mol. The fraction of sp³-hybridized carbons (Fsp3) is 0.318. The second-order valence-electron chi connectivity index (χ2n) is 7.68. The molecular weight excluding hydrogens is 464 g/mol. The molecular formula is C22H22N4O5S2. The Morgan fingerprint density at radius 2 is 2.24 bits per heavy atom. The van der Waals surface area contributed by atoms with Gasteiger partial charge in [-0.2, -0.15) is 0 Å². The number of allylic oxidation sites excluding steroid dienone is 1. The lowest BCUT2D eigenvalue weighted by Gasteiger charge is -2.12. The topological polar surface area (TPSA) is 116 Å². The highest BCUT2D eigenvalue weighted by molar-refractivity contribution is 7.99. The van der Waals surface area contributed by atoms with E-state index in [1.54, 1.807) is 17.6 Å². The lowest BCUT2D eigenvalue weighted by atomic mass is 10.1. The van der Waals surface area contributed by atoms with E-state index in [1.165, 1.54) is 30.6 Å². The number of nitrogens with zero attached hydrogens (tertiary/aromatic N) is 3. The van der Waals surface area contributed by atoms with Gasteiger partial charge in [0.25, 0.3) is 5.56 Å². The van der Waals surface area contributed by atoms with E-state index in [0.29, 0.717) is 39.1 Å². The summed E-state index contributed by atoms with van der Waals surface area (Å²) < 4.78 is 6.63. The summed E-state index contributed by atoms with van der Waals surface area (Å²) in [6, 6.07) is 2.78. The van der Waals surface area contributed by atoms with E-state index in [0.717, 1.165) is 30.2 Å². The molecule has 0 atom stereocenters. The van der Waals surface area contributed by atoms with Crippen LogP contribution in [-0.2, 0) is 11.3 Å². The van der Waals surface area contributed by atoms with Crippen LogP contribution in [0.1, 0.15) is 29.9 Å². The third kappa shape index (κ3) is 4.64. The molecule has 1 aliphatic rings. The maximum atomic E-state index is 13.2. The molecule has 0 saturated heterocycles. The highest BCUT2D eigenvalue weighted by Gasteiger charge is 2.29. The first-order valence-corrected chi connectivity index (χ1v) is 12.1. The van der Waals surface area contributed by atoms with Crippen LogP contribution in [0, 0.1) is 17.0 Å². The normalized spacial score (nSPS) is 13.2. The highest BCUT2D eigenvalue weighted by Crippen LogP contribution is 2.44. The number of hydrogen-bond acceptors (Lipinski definition) is 8. The molecule has 33 heavy (non-hydrogen) atoms. The van der Waals surface area contributed by atoms with E-state index in [2.05, 4.69) is 16.9 Å². The number of nitrogens with one attached hydrogen (secondary N) is 1. The number of methoxy groups -OCH3 is 1. The summed E-state index contributed by atoms with van der Waals surface area (Å²) in [6.07, 6.45) is 3.82. The Kier molecular flexibility index (Phi) is 6.52. The molecule has 1 N–H and O–H groups in total. The first-order chi connectivity index (χ1) is 15.8. The van der Waals surface area contributed by atoms with Crippen LogP contribution in [-0.4, -0.2) is 33.2 Å². The van der Waals surface area contributed by atoms with Crippen LogP contribution in [0.25, 0.3) is 10.2 Å². The number of rotatable bonds is 9. The fourth-order valence-electron chi connectivity index (χ4n) is 3.55. The molecule has 4 rings (SSSR count). The van der Waals surface area contributed by atoms with Gasteiger partial charge in [0.2, 0.25) is 5.91 Å². The molecule has 0 radical (unpaired) electrons. The molecule has 0 aliphatic heterocycles. The van der Waals surface area contributed by atoms with Crippen molar-refractivity contribution < 1.29 is 14.5 Å². The number of hydrogen-bond donors (Lipinski definition) is 1. The number of carbonyl (C=O) groups is 1. The zero-order valence-electron chi connectivity index (χ0n) is 18.1. The predicted octanol–water partition coefficient (Wildman–Crippen LogP) is 4.48. The van der Waals surface area contributed by atoms with Gasteiger partial charge in [-0.1, -0.05) is 17.8 Å². The number of benzene rings is 1. The summed E-state index contributed by atoms with van der Waals surface area (Å²) in [5.41, 5.74) is 1.75. The number of aromatic nitrogens is 2. The number of nitro groups is 1. The Labute approximate surface area is 197 Å². The zero-order chi connectivity index (χ0) is 23.7. The van der Waals surface area contributed by atoms with Crippen LogP contribution >= 0.6 is 23.1 Å². The zero-order valence-corrected chi connectivity index (χ0v) is 19.8. The van der Waals surface area contributed by atoms with Gasteiger partial charge >= 0.3 is 5.69 Å². The van der Waals surface area contributed by atoms with Crippen LogP contribution in [0.5, 0.6) is 5.75 Å². The largest absolute Gasteiger partial charge is 0.490 e. The summed E-state index contributed by atoms with van der Waals surface area (Å²) in [5.74, 6) is 0.180. The lowest BCUT2D eigenvalue weighted by molar-refractivity contribution is -0.385. The molecule has 1 aliphatic carbocycles. The number of thioether (sulfide) groups is 1. The Balaban J connectivity index is 1.55. The molecule has 0 unspecified atom stereocenters. The molecule has 2 aromatic heterocycles. The maximum Gasteiger partial charge on any atom is 0.311 e. The van der Waals surface area contributed by atoms with E-state index in [1.807, 2.05) is 5.38 Å². The number of carbonyl (C=O) groups excluding carboxylic acids is 1. The minimum absolute atomic E-state index is 0.00862. The summed E-state index contributed by atoms with van der Waals surface area (Å²) in [5, 5.41) is 17.1. The molecule has 0 bridgehead atoms. The smallest absolute Gasteiger partial charge is 0.311 e. The highest BCUT2D eigenvalue weighted by atomic mass is 32.2. The number of thiophene rings is 1. The van der Waals surface area contributed by atoms with Gasteiger partial charge in [0.15, 0.2) is 10.9 Å². The molecule has 9 nitrogen and oxygen atoms in total. The second-order valence-corrected chi connectivity index (χ2v) is 9.48. The Hall–Kier alpha value is -3.18. The number of nitro benzene ring substituents is 1. The average Bonchev–Trinajstić information content (AvgIpc) is 3.54. The van der Waals surface area contributed by atoms with Crippen LogP contribution in [0.15, 0.2) is 40.1 Å². The molecule has 1 aromatic carbocycles. The van der Waals surface area contributed by atoms with Crippen LogP contribution in [0.2, 0.25) is 0 Å². The molecule has 1 amide bonds. The molecule has 11 heteroatoms. The van der Waals surface area contributed by atoms with E-state index in [-0.39, 0.29) is 28.7 Å². The molecule has 3 aromatic rings. The van der Waals surface area contributed by atoms with Crippen LogP contribution < -0.4 is 15.6 Å².